The minimum atomic E-state index is 0.662. The van der Waals surface area contributed by atoms with E-state index in [2.05, 4.69) is 0 Å². The molecular weight excluding hydrogens is 220 g/mol. The van der Waals surface area contributed by atoms with E-state index in [0.29, 0.717) is 10.6 Å². The van der Waals surface area contributed by atoms with Crippen molar-refractivity contribution in [1.29, 1.82) is 0 Å². The summed E-state index contributed by atoms with van der Waals surface area (Å²) in [6.45, 7) is 0. The maximum absolute atomic E-state index is 10.7. The van der Waals surface area contributed by atoms with Gasteiger partial charge in [0, 0.05) is 10.6 Å². The quantitative estimate of drug-likeness (QED) is 0.734. The number of carbonyl (C=O) groups is 1. The van der Waals surface area contributed by atoms with Crippen molar-refractivity contribution in [3.63, 3.8) is 0 Å². The Morgan fingerprint density at radius 1 is 1.06 bits per heavy atom. The zero-order valence-electron chi connectivity index (χ0n) is 8.69. The predicted molar refractivity (Wildman–Crippen MR) is 66.1 cm³/mol. The summed E-state index contributed by atoms with van der Waals surface area (Å²) in [5, 5.41) is 0.703. The fourth-order valence-corrected chi connectivity index (χ4v) is 1.80. The van der Waals surface area contributed by atoms with Crippen LogP contribution in [0, 0.1) is 0 Å². The Bertz CT molecular complexity index is 491. The van der Waals surface area contributed by atoms with Crippen LogP contribution < -0.4 is 0 Å². The smallest absolute Gasteiger partial charge is 0.150 e. The molecule has 0 spiro atoms. The number of hydrogen-bond acceptors (Lipinski definition) is 1. The number of carbonyl (C=O) groups excluding carboxylic acids is 1. The van der Waals surface area contributed by atoms with E-state index in [1.165, 1.54) is 5.56 Å². The SMILES string of the molecule is O=Cc1ccc(Cl)c(Cc2ccccc2)c1. The Balaban J connectivity index is 2.30. The molecule has 0 heterocycles. The largest absolute Gasteiger partial charge is 0.298 e. The standard InChI is InChI=1S/C14H11ClO/c15-14-7-6-12(10-16)9-13(14)8-11-4-2-1-3-5-11/h1-7,9-10H,8H2. The molecule has 0 unspecified atom stereocenters. The Morgan fingerprint density at radius 3 is 2.50 bits per heavy atom. The highest BCUT2D eigenvalue weighted by atomic mass is 35.5. The van der Waals surface area contributed by atoms with E-state index in [0.717, 1.165) is 18.3 Å². The van der Waals surface area contributed by atoms with Crippen LogP contribution in [0.2, 0.25) is 5.02 Å². The Labute approximate surface area is 99.7 Å². The van der Waals surface area contributed by atoms with E-state index in [4.69, 9.17) is 11.6 Å². The van der Waals surface area contributed by atoms with E-state index >= 15 is 0 Å². The van der Waals surface area contributed by atoms with Crippen LogP contribution in [0.3, 0.4) is 0 Å². The lowest BCUT2D eigenvalue weighted by Crippen LogP contribution is -1.91. The molecule has 0 aliphatic heterocycles. The highest BCUT2D eigenvalue weighted by molar-refractivity contribution is 6.31. The van der Waals surface area contributed by atoms with Crippen molar-refractivity contribution in [3.8, 4) is 0 Å². The molecular formula is C14H11ClO. The van der Waals surface area contributed by atoms with E-state index < -0.39 is 0 Å². The van der Waals surface area contributed by atoms with Crippen molar-refractivity contribution in [1.82, 2.24) is 0 Å². The van der Waals surface area contributed by atoms with Gasteiger partial charge in [-0.1, -0.05) is 48.0 Å². The van der Waals surface area contributed by atoms with E-state index in [1.807, 2.05) is 36.4 Å². The number of aldehydes is 1. The van der Waals surface area contributed by atoms with Crippen LogP contribution in [0.1, 0.15) is 21.5 Å². The summed E-state index contributed by atoms with van der Waals surface area (Å²) in [6, 6.07) is 15.4. The topological polar surface area (TPSA) is 17.1 Å². The lowest BCUT2D eigenvalue weighted by molar-refractivity contribution is 0.112. The van der Waals surface area contributed by atoms with Crippen LogP contribution in [0.15, 0.2) is 48.5 Å². The van der Waals surface area contributed by atoms with Gasteiger partial charge >= 0.3 is 0 Å². The molecule has 0 fully saturated rings. The first kappa shape index (κ1) is 10.9. The van der Waals surface area contributed by atoms with Crippen molar-refractivity contribution >= 4 is 17.9 Å². The lowest BCUT2D eigenvalue weighted by atomic mass is 10.0. The summed E-state index contributed by atoms with van der Waals surface area (Å²) >= 11 is 6.09. The molecule has 0 N–H and O–H groups in total. The van der Waals surface area contributed by atoms with E-state index in [1.54, 1.807) is 12.1 Å². The normalized spacial score (nSPS) is 10.1. The van der Waals surface area contributed by atoms with Crippen LogP contribution in [0.25, 0.3) is 0 Å². The fourth-order valence-electron chi connectivity index (χ4n) is 1.62. The lowest BCUT2D eigenvalue weighted by Gasteiger charge is -2.05. The van der Waals surface area contributed by atoms with Gasteiger partial charge in [-0.25, -0.2) is 0 Å². The maximum atomic E-state index is 10.7. The van der Waals surface area contributed by atoms with Gasteiger partial charge in [-0.3, -0.25) is 4.79 Å². The van der Waals surface area contributed by atoms with Crippen LogP contribution in [-0.2, 0) is 6.42 Å². The van der Waals surface area contributed by atoms with Gasteiger partial charge in [-0.15, -0.1) is 0 Å². The third-order valence-corrected chi connectivity index (χ3v) is 2.81. The highest BCUT2D eigenvalue weighted by Gasteiger charge is 2.02. The third kappa shape index (κ3) is 2.50. The van der Waals surface area contributed by atoms with Crippen molar-refractivity contribution < 1.29 is 4.79 Å². The van der Waals surface area contributed by atoms with Crippen molar-refractivity contribution in [3.05, 3.63) is 70.2 Å². The van der Waals surface area contributed by atoms with Gasteiger partial charge in [0.05, 0.1) is 0 Å². The van der Waals surface area contributed by atoms with Gasteiger partial charge in [0.2, 0.25) is 0 Å². The molecule has 0 atom stereocenters. The fraction of sp³-hybridized carbons (Fsp3) is 0.0714. The molecule has 0 aliphatic rings. The molecule has 2 aromatic carbocycles. The van der Waals surface area contributed by atoms with Crippen molar-refractivity contribution in [2.45, 2.75) is 6.42 Å². The summed E-state index contributed by atoms with van der Waals surface area (Å²) in [5.41, 5.74) is 2.83. The first-order valence-electron chi connectivity index (χ1n) is 5.07. The maximum Gasteiger partial charge on any atom is 0.150 e. The summed E-state index contributed by atoms with van der Waals surface area (Å²) in [6.07, 6.45) is 1.59. The van der Waals surface area contributed by atoms with Gasteiger partial charge in [-0.05, 0) is 29.7 Å². The summed E-state index contributed by atoms with van der Waals surface area (Å²) < 4.78 is 0. The summed E-state index contributed by atoms with van der Waals surface area (Å²) in [5.74, 6) is 0. The first-order valence-corrected chi connectivity index (χ1v) is 5.45. The molecule has 0 saturated carbocycles. The van der Waals surface area contributed by atoms with Gasteiger partial charge < -0.3 is 0 Å². The van der Waals surface area contributed by atoms with Crippen LogP contribution in [0.5, 0.6) is 0 Å². The molecule has 0 saturated heterocycles. The molecule has 2 heteroatoms. The van der Waals surface area contributed by atoms with E-state index in [9.17, 15) is 4.79 Å². The number of hydrogen-bond donors (Lipinski definition) is 0. The van der Waals surface area contributed by atoms with Gasteiger partial charge in [0.15, 0.2) is 0 Å². The molecule has 0 aliphatic carbocycles. The number of rotatable bonds is 3. The zero-order chi connectivity index (χ0) is 11.4. The summed E-state index contributed by atoms with van der Waals surface area (Å²) in [7, 11) is 0. The molecule has 80 valence electrons. The van der Waals surface area contributed by atoms with Gasteiger partial charge in [0.1, 0.15) is 6.29 Å². The molecule has 1 nitrogen and oxygen atoms in total. The van der Waals surface area contributed by atoms with Gasteiger partial charge in [-0.2, -0.15) is 0 Å². The molecule has 2 aromatic rings. The van der Waals surface area contributed by atoms with Crippen molar-refractivity contribution in [2.75, 3.05) is 0 Å². The average molecular weight is 231 g/mol. The minimum absolute atomic E-state index is 0.662. The average Bonchev–Trinajstić information content (AvgIpc) is 2.33. The van der Waals surface area contributed by atoms with E-state index in [-0.39, 0.29) is 0 Å². The minimum Gasteiger partial charge on any atom is -0.298 e. The van der Waals surface area contributed by atoms with Crippen LogP contribution in [0.4, 0.5) is 0 Å². The molecule has 0 amide bonds. The Hall–Kier alpha value is -1.60. The second kappa shape index (κ2) is 4.95. The third-order valence-electron chi connectivity index (χ3n) is 2.44. The summed E-state index contributed by atoms with van der Waals surface area (Å²) in [4.78, 5) is 10.7. The monoisotopic (exact) mass is 230 g/mol. The van der Waals surface area contributed by atoms with Gasteiger partial charge in [0.25, 0.3) is 0 Å². The Morgan fingerprint density at radius 2 is 1.81 bits per heavy atom. The molecule has 0 radical (unpaired) electrons. The highest BCUT2D eigenvalue weighted by Crippen LogP contribution is 2.20. The molecule has 0 bridgehead atoms. The first-order chi connectivity index (χ1) is 7.79. The number of halogens is 1. The molecule has 16 heavy (non-hydrogen) atoms. The predicted octanol–water partition coefficient (Wildman–Crippen LogP) is 3.74. The van der Waals surface area contributed by atoms with Crippen molar-refractivity contribution in [2.24, 2.45) is 0 Å². The second-order valence-corrected chi connectivity index (χ2v) is 4.04. The molecule has 2 rings (SSSR count). The second-order valence-electron chi connectivity index (χ2n) is 3.63. The van der Waals surface area contributed by atoms with Crippen LogP contribution in [-0.4, -0.2) is 6.29 Å². The number of benzene rings is 2. The molecule has 0 aromatic heterocycles. The Kier molecular flexibility index (Phi) is 3.37. The van der Waals surface area contributed by atoms with Crippen LogP contribution >= 0.6 is 11.6 Å². The zero-order valence-corrected chi connectivity index (χ0v) is 9.45.